The van der Waals surface area contributed by atoms with Crippen molar-refractivity contribution >= 4 is 51.1 Å². The summed E-state index contributed by atoms with van der Waals surface area (Å²) in [5.41, 5.74) is -0.694. The summed E-state index contributed by atoms with van der Waals surface area (Å²) in [6.45, 7) is -1.28. The summed E-state index contributed by atoms with van der Waals surface area (Å²) in [5.74, 6) is -0.959. The van der Waals surface area contributed by atoms with Crippen molar-refractivity contribution in [2.45, 2.75) is 19.4 Å². The van der Waals surface area contributed by atoms with E-state index in [1.165, 1.54) is 6.07 Å². The van der Waals surface area contributed by atoms with E-state index in [1.54, 1.807) is 72.8 Å². The minimum atomic E-state index is -0.984. The Bertz CT molecular complexity index is 1610. The van der Waals surface area contributed by atoms with Crippen LogP contribution in [-0.2, 0) is 27.5 Å². The number of hydrogen-bond acceptors (Lipinski definition) is 8. The molecule has 0 aliphatic rings. The van der Waals surface area contributed by atoms with E-state index < -0.39 is 36.0 Å². The zero-order valence-corrected chi connectivity index (χ0v) is 24.9. The Morgan fingerprint density at radius 2 is 1.43 bits per heavy atom. The molecule has 1 aromatic heterocycles. The van der Waals surface area contributed by atoms with Crippen LogP contribution in [-0.4, -0.2) is 40.8 Å². The lowest BCUT2D eigenvalue weighted by atomic mass is 10.2. The molecule has 0 radical (unpaired) electrons. The molecule has 1 heterocycles. The molecule has 10 nitrogen and oxygen atoms in total. The van der Waals surface area contributed by atoms with E-state index in [-0.39, 0.29) is 40.8 Å². The predicted molar refractivity (Wildman–Crippen MR) is 158 cm³/mol. The van der Waals surface area contributed by atoms with Crippen molar-refractivity contribution in [1.82, 2.24) is 9.55 Å². The van der Waals surface area contributed by atoms with Crippen molar-refractivity contribution in [3.8, 4) is 5.75 Å². The molecule has 0 aliphatic heterocycles. The van der Waals surface area contributed by atoms with Crippen LogP contribution in [0.2, 0.25) is 10.0 Å². The van der Waals surface area contributed by atoms with Gasteiger partial charge in [-0.1, -0.05) is 59.6 Å². The molecule has 0 saturated carbocycles. The molecule has 0 unspecified atom stereocenters. The maximum absolute atomic E-state index is 12.8. The van der Waals surface area contributed by atoms with Crippen LogP contribution in [0.3, 0.4) is 0 Å². The van der Waals surface area contributed by atoms with Gasteiger partial charge in [-0.15, -0.1) is 0 Å². The lowest BCUT2D eigenvalue weighted by Crippen LogP contribution is -2.37. The number of esters is 2. The summed E-state index contributed by atoms with van der Waals surface area (Å²) in [6, 6.07) is 21.2. The number of aromatic nitrogens is 2. The molecule has 218 valence electrons. The number of carbonyl (C=O) groups excluding carboxylic acids is 2. The van der Waals surface area contributed by atoms with E-state index in [0.29, 0.717) is 16.1 Å². The number of halogens is 3. The van der Waals surface area contributed by atoms with Crippen LogP contribution in [0.4, 0.5) is 0 Å². The number of carbonyl (C=O) groups is 2. The van der Waals surface area contributed by atoms with Gasteiger partial charge in [-0.05, 0) is 58.4 Å². The smallest absolute Gasteiger partial charge is 0.338 e. The zero-order valence-electron chi connectivity index (χ0n) is 21.8. The van der Waals surface area contributed by atoms with Crippen LogP contribution >= 0.6 is 39.1 Å². The Morgan fingerprint density at radius 3 is 1.98 bits per heavy atom. The molecule has 4 aromatic rings. The Balaban J connectivity index is 1.51. The van der Waals surface area contributed by atoms with Crippen LogP contribution < -0.4 is 16.0 Å². The normalized spacial score (nSPS) is 10.9. The number of benzene rings is 3. The van der Waals surface area contributed by atoms with Gasteiger partial charge in [0.2, 0.25) is 0 Å². The summed E-state index contributed by atoms with van der Waals surface area (Å²) in [6.07, 6.45) is -0.984. The van der Waals surface area contributed by atoms with Gasteiger partial charge in [0.15, 0.2) is 0 Å². The van der Waals surface area contributed by atoms with Crippen LogP contribution in [0, 0.1) is 0 Å². The van der Waals surface area contributed by atoms with Gasteiger partial charge in [0, 0.05) is 5.02 Å². The average molecular weight is 678 g/mol. The molecule has 0 amide bonds. The summed E-state index contributed by atoms with van der Waals surface area (Å²) < 4.78 is 23.5. The second kappa shape index (κ2) is 14.8. The van der Waals surface area contributed by atoms with Crippen molar-refractivity contribution in [3.63, 3.8) is 0 Å². The van der Waals surface area contributed by atoms with Gasteiger partial charge in [0.1, 0.15) is 42.9 Å². The molecule has 3 aromatic carbocycles. The SMILES string of the molecule is O=C(OCC(COC(=O)c1ccccc1)OCn1c(COc2ccc(Cl)cc2Cl)c(Br)c(=O)[nH]c1=O)c1ccccc1. The molecule has 42 heavy (non-hydrogen) atoms. The highest BCUT2D eigenvalue weighted by molar-refractivity contribution is 9.10. The predicted octanol–water partition coefficient (Wildman–Crippen LogP) is 5.24. The lowest BCUT2D eigenvalue weighted by molar-refractivity contribution is -0.0646. The highest BCUT2D eigenvalue weighted by Gasteiger charge is 2.20. The lowest BCUT2D eigenvalue weighted by Gasteiger charge is -2.20. The summed E-state index contributed by atoms with van der Waals surface area (Å²) in [4.78, 5) is 52.3. The minimum absolute atomic E-state index is 0.0262. The largest absolute Gasteiger partial charge is 0.486 e. The van der Waals surface area contributed by atoms with Gasteiger partial charge in [-0.3, -0.25) is 14.3 Å². The molecule has 0 fully saturated rings. The molecule has 4 rings (SSSR count). The zero-order chi connectivity index (χ0) is 30.1. The number of rotatable bonds is 12. The average Bonchev–Trinajstić information content (AvgIpc) is 2.99. The van der Waals surface area contributed by atoms with Crippen molar-refractivity contribution < 1.29 is 28.5 Å². The third-order valence-electron chi connectivity index (χ3n) is 5.76. The van der Waals surface area contributed by atoms with Crippen molar-refractivity contribution in [3.05, 3.63) is 131 Å². The fourth-order valence-corrected chi connectivity index (χ4v) is 4.48. The summed E-state index contributed by atoms with van der Waals surface area (Å²) in [5, 5.41) is 0.635. The maximum atomic E-state index is 12.8. The molecule has 0 aliphatic carbocycles. The Kier molecular flexibility index (Phi) is 11.0. The Morgan fingerprint density at radius 1 is 0.857 bits per heavy atom. The van der Waals surface area contributed by atoms with E-state index in [9.17, 15) is 19.2 Å². The summed E-state index contributed by atoms with van der Waals surface area (Å²) in [7, 11) is 0. The van der Waals surface area contributed by atoms with E-state index in [4.69, 9.17) is 42.1 Å². The third kappa shape index (κ3) is 8.32. The number of aromatic amines is 1. The number of nitrogens with one attached hydrogen (secondary N) is 1. The molecule has 1 N–H and O–H groups in total. The first-order chi connectivity index (χ1) is 20.2. The molecule has 0 saturated heterocycles. The quantitative estimate of drug-likeness (QED) is 0.202. The highest BCUT2D eigenvalue weighted by atomic mass is 79.9. The number of nitrogens with zero attached hydrogens (tertiary/aromatic N) is 1. The molecule has 0 spiro atoms. The van der Waals surface area contributed by atoms with E-state index in [0.717, 1.165) is 4.57 Å². The first kappa shape index (κ1) is 31.0. The van der Waals surface area contributed by atoms with E-state index >= 15 is 0 Å². The first-order valence-electron chi connectivity index (χ1n) is 12.4. The molecule has 0 bridgehead atoms. The number of ether oxygens (including phenoxy) is 4. The Hall–Kier alpha value is -3.90. The molecular weight excluding hydrogens is 655 g/mol. The molecular formula is C29H23BrCl2N2O8. The van der Waals surface area contributed by atoms with Gasteiger partial charge in [-0.2, -0.15) is 0 Å². The second-order valence-electron chi connectivity index (χ2n) is 8.66. The third-order valence-corrected chi connectivity index (χ3v) is 7.11. The van der Waals surface area contributed by atoms with Crippen molar-refractivity contribution in [2.75, 3.05) is 13.2 Å². The summed E-state index contributed by atoms with van der Waals surface area (Å²) >= 11 is 15.3. The van der Waals surface area contributed by atoms with Crippen LogP contribution in [0.5, 0.6) is 5.75 Å². The van der Waals surface area contributed by atoms with Gasteiger partial charge in [0.25, 0.3) is 5.56 Å². The number of H-pyrrole nitrogens is 1. The highest BCUT2D eigenvalue weighted by Crippen LogP contribution is 2.28. The molecule has 13 heteroatoms. The van der Waals surface area contributed by atoms with Crippen LogP contribution in [0.25, 0.3) is 0 Å². The van der Waals surface area contributed by atoms with Gasteiger partial charge < -0.3 is 18.9 Å². The maximum Gasteiger partial charge on any atom is 0.338 e. The van der Waals surface area contributed by atoms with E-state index in [2.05, 4.69) is 20.9 Å². The fourth-order valence-electron chi connectivity index (χ4n) is 3.58. The standard InChI is InChI=1S/C29H23BrCl2N2O8/c30-25-23(16-39-24-12-11-20(31)13-22(24)32)34(29(38)33-26(25)35)17-42-21(14-40-27(36)18-7-3-1-4-8-18)15-41-28(37)19-9-5-2-6-10-19/h1-13,21H,14-17H2,(H,33,35,38). The molecule has 0 atom stereocenters. The fraction of sp³-hybridized carbons (Fsp3) is 0.172. The van der Waals surface area contributed by atoms with Gasteiger partial charge in [0.05, 0.1) is 21.8 Å². The van der Waals surface area contributed by atoms with E-state index in [1.807, 2.05) is 0 Å². The van der Waals surface area contributed by atoms with Crippen LogP contribution in [0.1, 0.15) is 26.4 Å². The van der Waals surface area contributed by atoms with Gasteiger partial charge >= 0.3 is 17.6 Å². The van der Waals surface area contributed by atoms with Crippen LogP contribution in [0.15, 0.2) is 92.9 Å². The van der Waals surface area contributed by atoms with Crippen molar-refractivity contribution in [2.24, 2.45) is 0 Å². The number of hydrogen-bond donors (Lipinski definition) is 1. The Labute approximate surface area is 257 Å². The minimum Gasteiger partial charge on any atom is -0.486 e. The van der Waals surface area contributed by atoms with Gasteiger partial charge in [-0.25, -0.2) is 14.4 Å². The second-order valence-corrected chi connectivity index (χ2v) is 10.3. The first-order valence-corrected chi connectivity index (χ1v) is 13.9. The monoisotopic (exact) mass is 676 g/mol. The van der Waals surface area contributed by atoms with Crippen molar-refractivity contribution in [1.29, 1.82) is 0 Å². The topological polar surface area (TPSA) is 126 Å².